The van der Waals surface area contributed by atoms with E-state index >= 15 is 0 Å². The molecule has 0 bridgehead atoms. The molecule has 4 heteroatoms. The van der Waals surface area contributed by atoms with Crippen LogP contribution >= 0.6 is 0 Å². The largest absolute Gasteiger partial charge is 0.494 e. The van der Waals surface area contributed by atoms with E-state index in [2.05, 4.69) is 17.6 Å². The van der Waals surface area contributed by atoms with Crippen molar-refractivity contribution in [3.8, 4) is 5.75 Å². The van der Waals surface area contributed by atoms with Crippen LogP contribution in [0.1, 0.15) is 24.5 Å². The molecule has 0 saturated heterocycles. The van der Waals surface area contributed by atoms with E-state index in [4.69, 9.17) is 4.74 Å². The Labute approximate surface area is 131 Å². The second kappa shape index (κ2) is 8.08. The first kappa shape index (κ1) is 15.9. The van der Waals surface area contributed by atoms with Crippen molar-refractivity contribution in [2.45, 2.75) is 26.8 Å². The molecule has 22 heavy (non-hydrogen) atoms. The van der Waals surface area contributed by atoms with Gasteiger partial charge < -0.3 is 15.4 Å². The molecule has 2 amide bonds. The number of carbonyl (C=O) groups is 1. The number of ether oxygens (including phenoxy) is 1. The molecule has 0 fully saturated rings. The maximum atomic E-state index is 12.0. The zero-order valence-electron chi connectivity index (χ0n) is 13.1. The van der Waals surface area contributed by atoms with Gasteiger partial charge in [-0.1, -0.05) is 37.3 Å². The summed E-state index contributed by atoms with van der Waals surface area (Å²) in [6.45, 7) is 5.26. The molecule has 0 radical (unpaired) electrons. The fourth-order valence-electron chi connectivity index (χ4n) is 2.04. The molecule has 2 aromatic carbocycles. The van der Waals surface area contributed by atoms with Crippen LogP contribution in [0.2, 0.25) is 0 Å². The molecule has 0 heterocycles. The van der Waals surface area contributed by atoms with Crippen molar-refractivity contribution in [2.24, 2.45) is 0 Å². The number of rotatable bonds is 6. The lowest BCUT2D eigenvalue weighted by molar-refractivity contribution is 0.251. The van der Waals surface area contributed by atoms with Crippen LogP contribution in [0, 0.1) is 6.92 Å². The lowest BCUT2D eigenvalue weighted by Crippen LogP contribution is -2.28. The average Bonchev–Trinajstić information content (AvgIpc) is 2.52. The summed E-state index contributed by atoms with van der Waals surface area (Å²) in [5, 5.41) is 5.68. The number of hydrogen-bond donors (Lipinski definition) is 2. The van der Waals surface area contributed by atoms with Gasteiger partial charge in [-0.05, 0) is 36.6 Å². The Hall–Kier alpha value is -2.49. The van der Waals surface area contributed by atoms with Crippen LogP contribution in [0.15, 0.2) is 48.5 Å². The minimum atomic E-state index is -0.226. The molecule has 0 saturated carbocycles. The van der Waals surface area contributed by atoms with Crippen LogP contribution in [0.4, 0.5) is 10.5 Å². The summed E-state index contributed by atoms with van der Waals surface area (Å²) in [5.41, 5.74) is 2.99. The van der Waals surface area contributed by atoms with E-state index in [9.17, 15) is 4.79 Å². The van der Waals surface area contributed by atoms with Gasteiger partial charge in [0.25, 0.3) is 0 Å². The quantitative estimate of drug-likeness (QED) is 0.843. The third kappa shape index (κ3) is 4.81. The third-order valence-corrected chi connectivity index (χ3v) is 3.27. The van der Waals surface area contributed by atoms with Crippen LogP contribution in [0.3, 0.4) is 0 Å². The Morgan fingerprint density at radius 2 is 1.95 bits per heavy atom. The van der Waals surface area contributed by atoms with E-state index in [0.717, 1.165) is 29.0 Å². The number of benzene rings is 2. The first-order chi connectivity index (χ1) is 10.7. The molecule has 0 atom stereocenters. The summed E-state index contributed by atoms with van der Waals surface area (Å²) in [6.07, 6.45) is 0.953. The summed E-state index contributed by atoms with van der Waals surface area (Å²) < 4.78 is 5.55. The molecule has 2 N–H and O–H groups in total. The Morgan fingerprint density at radius 3 is 2.73 bits per heavy atom. The number of hydrogen-bond acceptors (Lipinski definition) is 2. The Bertz CT molecular complexity index is 626. The van der Waals surface area contributed by atoms with E-state index in [1.165, 1.54) is 0 Å². The standard InChI is InChI=1S/C18H22N2O2/c1-3-11-22-17-10-6-9-16(12-17)20-18(21)19-13-15-8-5-4-7-14(15)2/h4-10,12H,3,11,13H2,1-2H3,(H2,19,20,21). The highest BCUT2D eigenvalue weighted by Gasteiger charge is 2.04. The van der Waals surface area contributed by atoms with E-state index in [-0.39, 0.29) is 6.03 Å². The van der Waals surface area contributed by atoms with Gasteiger partial charge in [0.2, 0.25) is 0 Å². The molecule has 0 aromatic heterocycles. The Morgan fingerprint density at radius 1 is 1.14 bits per heavy atom. The van der Waals surface area contributed by atoms with Gasteiger partial charge in [-0.3, -0.25) is 0 Å². The number of urea groups is 1. The highest BCUT2D eigenvalue weighted by Crippen LogP contribution is 2.17. The van der Waals surface area contributed by atoms with Crippen LogP contribution in [0.25, 0.3) is 0 Å². The van der Waals surface area contributed by atoms with Crippen molar-refractivity contribution in [3.63, 3.8) is 0 Å². The summed E-state index contributed by atoms with van der Waals surface area (Å²) >= 11 is 0. The predicted molar refractivity (Wildman–Crippen MR) is 89.3 cm³/mol. The molecule has 4 nitrogen and oxygen atoms in total. The Balaban J connectivity index is 1.88. The van der Waals surface area contributed by atoms with Gasteiger partial charge in [-0.25, -0.2) is 4.79 Å². The highest BCUT2D eigenvalue weighted by atomic mass is 16.5. The van der Waals surface area contributed by atoms with Crippen molar-refractivity contribution >= 4 is 11.7 Å². The molecular formula is C18H22N2O2. The van der Waals surface area contributed by atoms with Crippen molar-refractivity contribution in [1.82, 2.24) is 5.32 Å². The van der Waals surface area contributed by atoms with E-state index in [1.54, 1.807) is 0 Å². The van der Waals surface area contributed by atoms with Crippen LogP contribution in [-0.4, -0.2) is 12.6 Å². The maximum absolute atomic E-state index is 12.0. The number of aryl methyl sites for hydroxylation is 1. The first-order valence-electron chi connectivity index (χ1n) is 7.51. The molecule has 2 aromatic rings. The van der Waals surface area contributed by atoms with Crippen molar-refractivity contribution in [2.75, 3.05) is 11.9 Å². The molecule has 0 aliphatic rings. The lowest BCUT2D eigenvalue weighted by atomic mass is 10.1. The maximum Gasteiger partial charge on any atom is 0.319 e. The third-order valence-electron chi connectivity index (χ3n) is 3.27. The van der Waals surface area contributed by atoms with Crippen LogP contribution in [-0.2, 0) is 6.54 Å². The summed E-state index contributed by atoms with van der Waals surface area (Å²) in [6, 6.07) is 15.2. The normalized spacial score (nSPS) is 10.1. The van der Waals surface area contributed by atoms with Crippen molar-refractivity contribution in [1.29, 1.82) is 0 Å². The highest BCUT2D eigenvalue weighted by molar-refractivity contribution is 5.89. The monoisotopic (exact) mass is 298 g/mol. The fourth-order valence-corrected chi connectivity index (χ4v) is 2.04. The van der Waals surface area contributed by atoms with E-state index < -0.39 is 0 Å². The minimum Gasteiger partial charge on any atom is -0.494 e. The molecule has 2 rings (SSSR count). The van der Waals surface area contributed by atoms with Crippen LogP contribution < -0.4 is 15.4 Å². The smallest absolute Gasteiger partial charge is 0.319 e. The van der Waals surface area contributed by atoms with Gasteiger partial charge in [0, 0.05) is 18.3 Å². The van der Waals surface area contributed by atoms with E-state index in [1.807, 2.05) is 55.5 Å². The predicted octanol–water partition coefficient (Wildman–Crippen LogP) is 4.11. The number of carbonyl (C=O) groups excluding carboxylic acids is 1. The molecular weight excluding hydrogens is 276 g/mol. The molecule has 0 aliphatic heterocycles. The number of anilines is 1. The van der Waals surface area contributed by atoms with Crippen molar-refractivity contribution < 1.29 is 9.53 Å². The van der Waals surface area contributed by atoms with Gasteiger partial charge in [-0.15, -0.1) is 0 Å². The second-order valence-corrected chi connectivity index (χ2v) is 5.11. The van der Waals surface area contributed by atoms with Gasteiger partial charge in [0.1, 0.15) is 5.75 Å². The zero-order chi connectivity index (χ0) is 15.8. The average molecular weight is 298 g/mol. The Kier molecular flexibility index (Phi) is 5.83. The van der Waals surface area contributed by atoms with Gasteiger partial charge >= 0.3 is 6.03 Å². The summed E-state index contributed by atoms with van der Waals surface area (Å²) in [4.78, 5) is 12.0. The molecule has 0 aliphatic carbocycles. The zero-order valence-corrected chi connectivity index (χ0v) is 13.1. The lowest BCUT2D eigenvalue weighted by Gasteiger charge is -2.10. The minimum absolute atomic E-state index is 0.226. The van der Waals surface area contributed by atoms with Gasteiger partial charge in [0.15, 0.2) is 0 Å². The second-order valence-electron chi connectivity index (χ2n) is 5.11. The molecule has 116 valence electrons. The fraction of sp³-hybridized carbons (Fsp3) is 0.278. The van der Waals surface area contributed by atoms with Crippen molar-refractivity contribution in [3.05, 3.63) is 59.7 Å². The molecule has 0 unspecified atom stereocenters. The summed E-state index contributed by atoms with van der Waals surface area (Å²) in [5.74, 6) is 0.763. The summed E-state index contributed by atoms with van der Waals surface area (Å²) in [7, 11) is 0. The van der Waals surface area contributed by atoms with E-state index in [0.29, 0.717) is 13.2 Å². The molecule has 0 spiro atoms. The number of amides is 2. The first-order valence-corrected chi connectivity index (χ1v) is 7.51. The topological polar surface area (TPSA) is 50.4 Å². The SMILES string of the molecule is CCCOc1cccc(NC(=O)NCc2ccccc2C)c1. The van der Waals surface area contributed by atoms with Crippen LogP contribution in [0.5, 0.6) is 5.75 Å². The van der Waals surface area contributed by atoms with Gasteiger partial charge in [-0.2, -0.15) is 0 Å². The number of nitrogens with one attached hydrogen (secondary N) is 2. The van der Waals surface area contributed by atoms with Gasteiger partial charge in [0.05, 0.1) is 6.61 Å².